The number of nitrogens with two attached hydrogens (primary N) is 1. The van der Waals surface area contributed by atoms with E-state index in [-0.39, 0.29) is 23.4 Å². The zero-order chi connectivity index (χ0) is 21.5. The molecule has 0 amide bonds. The van der Waals surface area contributed by atoms with Crippen LogP contribution in [0.2, 0.25) is 5.02 Å². The van der Waals surface area contributed by atoms with E-state index >= 15 is 0 Å². The van der Waals surface area contributed by atoms with E-state index in [1.165, 1.54) is 18.8 Å². The molecule has 6 nitrogen and oxygen atoms in total. The quantitative estimate of drug-likeness (QED) is 0.662. The molecule has 2 atom stereocenters. The summed E-state index contributed by atoms with van der Waals surface area (Å²) in [7, 11) is 0. The summed E-state index contributed by atoms with van der Waals surface area (Å²) in [5.41, 5.74) is 6.99. The van der Waals surface area contributed by atoms with Crippen molar-refractivity contribution in [3.8, 4) is 11.1 Å². The van der Waals surface area contributed by atoms with Crippen LogP contribution in [0.4, 0.5) is 10.2 Å². The van der Waals surface area contributed by atoms with Crippen LogP contribution >= 0.6 is 11.6 Å². The van der Waals surface area contributed by atoms with Gasteiger partial charge in [-0.1, -0.05) is 30.9 Å². The molecule has 2 unspecified atom stereocenters. The third kappa shape index (κ3) is 5.88. The highest BCUT2D eigenvalue weighted by Gasteiger charge is 2.28. The summed E-state index contributed by atoms with van der Waals surface area (Å²) < 4.78 is 19.4. The average molecular weight is 438 g/mol. The number of hydrogen-bond donors (Lipinski definition) is 3. The molecule has 30 heavy (non-hydrogen) atoms. The van der Waals surface area contributed by atoms with Crippen LogP contribution in [0.1, 0.15) is 56.6 Å². The topological polar surface area (TPSA) is 101 Å². The highest BCUT2D eigenvalue weighted by molar-refractivity contribution is 6.33. The molecular formula is C22H29ClFN3O3. The molecule has 8 heteroatoms. The first-order valence-electron chi connectivity index (χ1n) is 10.5. The summed E-state index contributed by atoms with van der Waals surface area (Å²) in [6.07, 6.45) is 10.0. The number of nitrogen functional groups attached to an aromatic ring is 1. The van der Waals surface area contributed by atoms with Crippen LogP contribution in [0.15, 0.2) is 24.7 Å². The van der Waals surface area contributed by atoms with Gasteiger partial charge in [-0.05, 0) is 37.7 Å². The van der Waals surface area contributed by atoms with Crippen molar-refractivity contribution >= 4 is 17.4 Å². The molecule has 164 valence electrons. The fourth-order valence-electron chi connectivity index (χ4n) is 4.03. The Labute approximate surface area is 181 Å². The number of nitrogens with zero attached hydrogens (tertiary/aromatic N) is 2. The molecule has 0 bridgehead atoms. The number of ether oxygens (including phenoxy) is 1. The van der Waals surface area contributed by atoms with Crippen molar-refractivity contribution in [2.75, 3.05) is 18.9 Å². The zero-order valence-electron chi connectivity index (χ0n) is 16.9. The van der Waals surface area contributed by atoms with Crippen molar-refractivity contribution in [2.45, 2.75) is 57.2 Å². The third-order valence-electron chi connectivity index (χ3n) is 5.63. The number of pyridine rings is 2. The molecule has 2 aliphatic rings. The maximum Gasteiger partial charge on any atom is 0.147 e. The van der Waals surface area contributed by atoms with Crippen LogP contribution in [-0.2, 0) is 4.74 Å². The molecule has 0 radical (unpaired) electrons. The number of aliphatic hydroxyl groups excluding tert-OH is 2. The van der Waals surface area contributed by atoms with Gasteiger partial charge in [0.2, 0.25) is 0 Å². The first-order chi connectivity index (χ1) is 14.5. The standard InChI is InChI=1S/C17H19ClFN3O.C5H10O2/c18-13-8-22-15(20)6-11(13)12-7-21-9-14(19)16(12)17(23)10-4-2-1-3-5-10;6-5-2-1-3-7-4-5/h6-10,17,23H,1-5H2,(H2,20,22);5-6H,1-4H2. The summed E-state index contributed by atoms with van der Waals surface area (Å²) in [6.45, 7) is 1.37. The summed E-state index contributed by atoms with van der Waals surface area (Å²) in [5, 5.41) is 19.9. The van der Waals surface area contributed by atoms with Crippen molar-refractivity contribution in [1.29, 1.82) is 0 Å². The van der Waals surface area contributed by atoms with Gasteiger partial charge >= 0.3 is 0 Å². The van der Waals surface area contributed by atoms with E-state index in [9.17, 15) is 9.50 Å². The number of aromatic nitrogens is 2. The van der Waals surface area contributed by atoms with E-state index in [2.05, 4.69) is 9.97 Å². The molecule has 1 saturated heterocycles. The number of aliphatic hydroxyl groups is 2. The fourth-order valence-corrected chi connectivity index (χ4v) is 4.24. The number of rotatable bonds is 3. The van der Waals surface area contributed by atoms with Crippen LogP contribution in [-0.4, -0.2) is 39.5 Å². The normalized spacial score (nSPS) is 20.9. The van der Waals surface area contributed by atoms with Crippen LogP contribution < -0.4 is 5.73 Å². The van der Waals surface area contributed by atoms with E-state index < -0.39 is 11.9 Å². The monoisotopic (exact) mass is 437 g/mol. The summed E-state index contributed by atoms with van der Waals surface area (Å²) in [5.74, 6) is -0.184. The summed E-state index contributed by atoms with van der Waals surface area (Å²) in [6, 6.07) is 1.58. The van der Waals surface area contributed by atoms with Gasteiger partial charge in [0.05, 0.1) is 30.0 Å². The Hall–Kier alpha value is -1.80. The van der Waals surface area contributed by atoms with Crippen molar-refractivity contribution < 1.29 is 19.3 Å². The molecule has 1 saturated carbocycles. The van der Waals surface area contributed by atoms with E-state index in [0.29, 0.717) is 22.8 Å². The van der Waals surface area contributed by atoms with Gasteiger partial charge in [-0.2, -0.15) is 0 Å². The summed E-state index contributed by atoms with van der Waals surface area (Å²) >= 11 is 6.20. The van der Waals surface area contributed by atoms with Gasteiger partial charge in [-0.25, -0.2) is 9.37 Å². The fraction of sp³-hybridized carbons (Fsp3) is 0.545. The molecule has 2 aromatic heterocycles. The molecule has 2 aromatic rings. The third-order valence-corrected chi connectivity index (χ3v) is 5.94. The first-order valence-corrected chi connectivity index (χ1v) is 10.8. The lowest BCUT2D eigenvalue weighted by Crippen LogP contribution is -2.21. The van der Waals surface area contributed by atoms with Crippen LogP contribution in [0, 0.1) is 11.7 Å². The predicted molar refractivity (Wildman–Crippen MR) is 114 cm³/mol. The smallest absolute Gasteiger partial charge is 0.147 e. The molecule has 4 rings (SSSR count). The van der Waals surface area contributed by atoms with Gasteiger partial charge in [0.25, 0.3) is 0 Å². The van der Waals surface area contributed by atoms with Gasteiger partial charge in [-0.3, -0.25) is 4.98 Å². The lowest BCUT2D eigenvalue weighted by atomic mass is 9.81. The average Bonchev–Trinajstić information content (AvgIpc) is 2.76. The van der Waals surface area contributed by atoms with Crippen LogP contribution in [0.5, 0.6) is 0 Å². The SMILES string of the molecule is Nc1cc(-c2cncc(F)c2C(O)C2CCCCC2)c(Cl)cn1.OC1CCCOC1. The van der Waals surface area contributed by atoms with Crippen LogP contribution in [0.3, 0.4) is 0 Å². The maximum absolute atomic E-state index is 14.5. The van der Waals surface area contributed by atoms with E-state index in [1.807, 2.05) is 0 Å². The highest BCUT2D eigenvalue weighted by atomic mass is 35.5. The molecule has 2 fully saturated rings. The Bertz CT molecular complexity index is 827. The molecule has 0 aromatic carbocycles. The van der Waals surface area contributed by atoms with Gasteiger partial charge < -0.3 is 20.7 Å². The molecule has 1 aliphatic heterocycles. The minimum absolute atomic E-state index is 0.0531. The second kappa shape index (κ2) is 11.0. The van der Waals surface area contributed by atoms with Crippen molar-refractivity contribution in [3.63, 3.8) is 0 Å². The van der Waals surface area contributed by atoms with E-state index in [4.69, 9.17) is 27.2 Å². The Morgan fingerprint density at radius 1 is 1.10 bits per heavy atom. The van der Waals surface area contributed by atoms with Gasteiger partial charge in [0.15, 0.2) is 0 Å². The van der Waals surface area contributed by atoms with Gasteiger partial charge in [-0.15, -0.1) is 0 Å². The molecule has 3 heterocycles. The van der Waals surface area contributed by atoms with Crippen molar-refractivity contribution in [3.05, 3.63) is 41.1 Å². The van der Waals surface area contributed by atoms with E-state index in [0.717, 1.165) is 51.3 Å². The Kier molecular flexibility index (Phi) is 8.39. The Morgan fingerprint density at radius 3 is 2.50 bits per heavy atom. The zero-order valence-corrected chi connectivity index (χ0v) is 17.7. The summed E-state index contributed by atoms with van der Waals surface area (Å²) in [4.78, 5) is 7.83. The second-order valence-corrected chi connectivity index (χ2v) is 8.29. The second-order valence-electron chi connectivity index (χ2n) is 7.89. The van der Waals surface area contributed by atoms with Gasteiger partial charge in [0.1, 0.15) is 11.6 Å². The number of anilines is 1. The van der Waals surface area contributed by atoms with Gasteiger partial charge in [0, 0.05) is 35.7 Å². The minimum Gasteiger partial charge on any atom is -0.391 e. The molecule has 0 spiro atoms. The lowest BCUT2D eigenvalue weighted by molar-refractivity contribution is -0.00535. The lowest BCUT2D eigenvalue weighted by Gasteiger charge is -2.28. The number of hydrogen-bond acceptors (Lipinski definition) is 6. The molecule has 4 N–H and O–H groups in total. The van der Waals surface area contributed by atoms with E-state index in [1.54, 1.807) is 6.07 Å². The molecule has 1 aliphatic carbocycles. The number of halogens is 2. The highest BCUT2D eigenvalue weighted by Crippen LogP contribution is 2.40. The van der Waals surface area contributed by atoms with Crippen molar-refractivity contribution in [1.82, 2.24) is 9.97 Å². The Morgan fingerprint density at radius 2 is 1.87 bits per heavy atom. The van der Waals surface area contributed by atoms with Crippen LogP contribution in [0.25, 0.3) is 11.1 Å². The minimum atomic E-state index is -0.876. The van der Waals surface area contributed by atoms with Crippen molar-refractivity contribution in [2.24, 2.45) is 5.92 Å². The maximum atomic E-state index is 14.5. The molecular weight excluding hydrogens is 409 g/mol. The Balaban J connectivity index is 0.000000310. The largest absolute Gasteiger partial charge is 0.391 e. The first kappa shape index (κ1) is 22.9. The predicted octanol–water partition coefficient (Wildman–Crippen LogP) is 4.29.